The molecular formula is C11H15FO3S. The van der Waals surface area contributed by atoms with Crippen molar-refractivity contribution >= 4 is 10.1 Å². The summed E-state index contributed by atoms with van der Waals surface area (Å²) in [6.07, 6.45) is 0.883. The maximum Gasteiger partial charge on any atom is 0.264 e. The lowest BCUT2D eigenvalue weighted by atomic mass is 10.0. The molecule has 0 radical (unpaired) electrons. The SMILES string of the molecule is Cc1ccc(F)cc1CC(C)OS(C)(=O)=O. The summed E-state index contributed by atoms with van der Waals surface area (Å²) in [5.74, 6) is -0.327. The Labute approximate surface area is 95.4 Å². The first-order chi connectivity index (χ1) is 7.28. The Balaban J connectivity index is 2.77. The molecule has 0 aliphatic rings. The fourth-order valence-corrected chi connectivity index (χ4v) is 2.17. The Hall–Kier alpha value is -0.940. The zero-order chi connectivity index (χ0) is 12.3. The van der Waals surface area contributed by atoms with Crippen LogP contribution >= 0.6 is 0 Å². The highest BCUT2D eigenvalue weighted by Crippen LogP contribution is 2.14. The van der Waals surface area contributed by atoms with Crippen molar-refractivity contribution in [1.29, 1.82) is 0 Å². The molecule has 0 N–H and O–H groups in total. The van der Waals surface area contributed by atoms with Crippen LogP contribution in [-0.2, 0) is 20.7 Å². The van der Waals surface area contributed by atoms with Crippen molar-refractivity contribution in [2.75, 3.05) is 6.26 Å². The van der Waals surface area contributed by atoms with Gasteiger partial charge in [-0.1, -0.05) is 6.07 Å². The molecule has 1 rings (SSSR count). The number of hydrogen-bond donors (Lipinski definition) is 0. The molecule has 0 fully saturated rings. The minimum absolute atomic E-state index is 0.327. The van der Waals surface area contributed by atoms with E-state index in [1.54, 1.807) is 13.0 Å². The Kier molecular flexibility index (Phi) is 4.04. The van der Waals surface area contributed by atoms with Gasteiger partial charge < -0.3 is 0 Å². The number of benzene rings is 1. The molecule has 90 valence electrons. The Morgan fingerprint density at radius 3 is 2.62 bits per heavy atom. The van der Waals surface area contributed by atoms with Crippen LogP contribution in [0.3, 0.4) is 0 Å². The smallest absolute Gasteiger partial charge is 0.264 e. The average molecular weight is 246 g/mol. The molecule has 1 aromatic rings. The molecule has 3 nitrogen and oxygen atoms in total. The minimum Gasteiger partial charge on any atom is -0.267 e. The van der Waals surface area contributed by atoms with E-state index >= 15 is 0 Å². The van der Waals surface area contributed by atoms with Gasteiger partial charge in [-0.15, -0.1) is 0 Å². The van der Waals surface area contributed by atoms with Crippen LogP contribution in [-0.4, -0.2) is 20.8 Å². The van der Waals surface area contributed by atoms with Crippen LogP contribution in [0.5, 0.6) is 0 Å². The van der Waals surface area contributed by atoms with Crippen LogP contribution in [0.2, 0.25) is 0 Å². The van der Waals surface area contributed by atoms with E-state index < -0.39 is 16.2 Å². The van der Waals surface area contributed by atoms with Crippen molar-refractivity contribution in [3.8, 4) is 0 Å². The number of halogens is 1. The molecule has 0 aromatic heterocycles. The Morgan fingerprint density at radius 1 is 1.44 bits per heavy atom. The molecule has 0 aliphatic heterocycles. The lowest BCUT2D eigenvalue weighted by molar-refractivity contribution is 0.231. The zero-order valence-electron chi connectivity index (χ0n) is 9.53. The zero-order valence-corrected chi connectivity index (χ0v) is 10.3. The van der Waals surface area contributed by atoms with Crippen molar-refractivity contribution < 1.29 is 17.0 Å². The van der Waals surface area contributed by atoms with Gasteiger partial charge in [0.1, 0.15) is 5.82 Å². The van der Waals surface area contributed by atoms with Gasteiger partial charge in [0.2, 0.25) is 0 Å². The molecular weight excluding hydrogens is 231 g/mol. The van der Waals surface area contributed by atoms with Crippen LogP contribution in [0.1, 0.15) is 18.1 Å². The van der Waals surface area contributed by atoms with Crippen molar-refractivity contribution in [3.63, 3.8) is 0 Å². The molecule has 0 saturated heterocycles. The van der Waals surface area contributed by atoms with Crippen LogP contribution in [0.4, 0.5) is 4.39 Å². The standard InChI is InChI=1S/C11H15FO3S/c1-8-4-5-11(12)7-10(8)6-9(2)15-16(3,13)14/h4-5,7,9H,6H2,1-3H3. The molecule has 1 aromatic carbocycles. The van der Waals surface area contributed by atoms with Crippen molar-refractivity contribution in [3.05, 3.63) is 35.1 Å². The molecule has 0 bridgehead atoms. The number of rotatable bonds is 4. The summed E-state index contributed by atoms with van der Waals surface area (Å²) in [7, 11) is -3.46. The summed E-state index contributed by atoms with van der Waals surface area (Å²) in [5, 5.41) is 0. The first kappa shape index (κ1) is 13.1. The van der Waals surface area contributed by atoms with E-state index in [0.29, 0.717) is 6.42 Å². The number of aryl methyl sites for hydroxylation is 1. The highest BCUT2D eigenvalue weighted by Gasteiger charge is 2.12. The second-order valence-electron chi connectivity index (χ2n) is 3.89. The molecule has 0 amide bonds. The Bertz CT molecular complexity index is 468. The van der Waals surface area contributed by atoms with Crippen molar-refractivity contribution in [2.45, 2.75) is 26.4 Å². The van der Waals surface area contributed by atoms with E-state index in [-0.39, 0.29) is 5.82 Å². The van der Waals surface area contributed by atoms with Crippen molar-refractivity contribution in [2.24, 2.45) is 0 Å². The summed E-state index contributed by atoms with van der Waals surface area (Å²) >= 11 is 0. The third kappa shape index (κ3) is 4.28. The molecule has 5 heteroatoms. The van der Waals surface area contributed by atoms with Crippen molar-refractivity contribution in [1.82, 2.24) is 0 Å². The maximum absolute atomic E-state index is 13.0. The van der Waals surface area contributed by atoms with Gasteiger partial charge in [0.25, 0.3) is 10.1 Å². The Morgan fingerprint density at radius 2 is 2.06 bits per heavy atom. The van der Waals surface area contributed by atoms with E-state index in [9.17, 15) is 12.8 Å². The van der Waals surface area contributed by atoms with Gasteiger partial charge in [-0.3, -0.25) is 4.18 Å². The van der Waals surface area contributed by atoms with E-state index in [0.717, 1.165) is 17.4 Å². The fourth-order valence-electron chi connectivity index (χ4n) is 1.50. The molecule has 0 saturated carbocycles. The second-order valence-corrected chi connectivity index (χ2v) is 5.49. The third-order valence-electron chi connectivity index (χ3n) is 2.16. The van der Waals surface area contributed by atoms with Gasteiger partial charge >= 0.3 is 0 Å². The first-order valence-electron chi connectivity index (χ1n) is 4.91. The van der Waals surface area contributed by atoms with E-state index in [2.05, 4.69) is 0 Å². The van der Waals surface area contributed by atoms with Gasteiger partial charge in [-0.25, -0.2) is 4.39 Å². The normalized spacial score (nSPS) is 13.8. The third-order valence-corrected chi connectivity index (χ3v) is 2.84. The predicted molar refractivity (Wildman–Crippen MR) is 60.2 cm³/mol. The van der Waals surface area contributed by atoms with Gasteiger partial charge in [0.05, 0.1) is 12.4 Å². The van der Waals surface area contributed by atoms with Gasteiger partial charge in [-0.05, 0) is 37.1 Å². The number of hydrogen-bond acceptors (Lipinski definition) is 3. The maximum atomic E-state index is 13.0. The van der Waals surface area contributed by atoms with E-state index in [1.165, 1.54) is 12.1 Å². The first-order valence-corrected chi connectivity index (χ1v) is 6.73. The molecule has 1 atom stereocenters. The molecule has 1 unspecified atom stereocenters. The summed E-state index contributed by atoms with van der Waals surface area (Å²) < 4.78 is 39.5. The van der Waals surface area contributed by atoms with Crippen LogP contribution in [0, 0.1) is 12.7 Å². The molecule has 0 heterocycles. The van der Waals surface area contributed by atoms with E-state index in [1.807, 2.05) is 6.92 Å². The lowest BCUT2D eigenvalue weighted by Gasteiger charge is -2.12. The highest BCUT2D eigenvalue weighted by atomic mass is 32.2. The summed E-state index contributed by atoms with van der Waals surface area (Å²) in [4.78, 5) is 0. The largest absolute Gasteiger partial charge is 0.267 e. The predicted octanol–water partition coefficient (Wildman–Crippen LogP) is 2.04. The average Bonchev–Trinajstić information content (AvgIpc) is 2.08. The minimum atomic E-state index is -3.46. The molecule has 16 heavy (non-hydrogen) atoms. The monoisotopic (exact) mass is 246 g/mol. The van der Waals surface area contributed by atoms with Gasteiger partial charge in [0.15, 0.2) is 0 Å². The topological polar surface area (TPSA) is 43.4 Å². The molecule has 0 aliphatic carbocycles. The highest BCUT2D eigenvalue weighted by molar-refractivity contribution is 7.86. The van der Waals surface area contributed by atoms with Crippen LogP contribution < -0.4 is 0 Å². The summed E-state index contributed by atoms with van der Waals surface area (Å²) in [5.41, 5.74) is 1.68. The second kappa shape index (κ2) is 4.93. The summed E-state index contributed by atoms with van der Waals surface area (Å²) in [6, 6.07) is 4.44. The van der Waals surface area contributed by atoms with Gasteiger partial charge in [0, 0.05) is 6.42 Å². The molecule has 0 spiro atoms. The lowest BCUT2D eigenvalue weighted by Crippen LogP contribution is -2.17. The van der Waals surface area contributed by atoms with Crippen LogP contribution in [0.25, 0.3) is 0 Å². The fraction of sp³-hybridized carbons (Fsp3) is 0.455. The van der Waals surface area contributed by atoms with E-state index in [4.69, 9.17) is 4.18 Å². The van der Waals surface area contributed by atoms with Gasteiger partial charge in [-0.2, -0.15) is 8.42 Å². The quantitative estimate of drug-likeness (QED) is 0.764. The summed E-state index contributed by atoms with van der Waals surface area (Å²) in [6.45, 7) is 3.49. The van der Waals surface area contributed by atoms with Crippen LogP contribution in [0.15, 0.2) is 18.2 Å².